The Hall–Kier alpha value is -1.56. The minimum absolute atomic E-state index is 0.00449. The molecule has 0 fully saturated rings. The van der Waals surface area contributed by atoms with Crippen molar-refractivity contribution in [1.82, 2.24) is 4.98 Å². The third-order valence-corrected chi connectivity index (χ3v) is 1.72. The van der Waals surface area contributed by atoms with Crippen molar-refractivity contribution in [3.63, 3.8) is 0 Å². The summed E-state index contributed by atoms with van der Waals surface area (Å²) in [4.78, 5) is 14.6. The number of thiocarbonyl (C=S) groups is 1. The van der Waals surface area contributed by atoms with E-state index in [9.17, 15) is 9.18 Å². The summed E-state index contributed by atoms with van der Waals surface area (Å²) in [6, 6.07) is 1.16. The van der Waals surface area contributed by atoms with Crippen LogP contribution in [0.4, 0.5) is 4.39 Å². The number of carbonyl (C=O) groups excluding carboxylic acids is 1. The van der Waals surface area contributed by atoms with Crippen LogP contribution in [-0.4, -0.2) is 23.1 Å². The molecule has 1 rings (SSSR count). The molecular formula is C8H7FN2O2S. The van der Waals surface area contributed by atoms with Crippen LogP contribution in [0.3, 0.4) is 0 Å². The standard InChI is InChI=1S/C8H7FN2O2S/c1-13-8(12)4-2-6(7(10)14)11-3-5(4)9/h2-3H,1H3,(H2,10,14). The molecule has 0 aliphatic rings. The second-order valence-corrected chi connectivity index (χ2v) is 2.85. The Labute approximate surface area is 84.9 Å². The average Bonchev–Trinajstić information content (AvgIpc) is 2.17. The van der Waals surface area contributed by atoms with Crippen LogP contribution < -0.4 is 5.73 Å². The Balaban J connectivity index is 3.21. The summed E-state index contributed by atoms with van der Waals surface area (Å²) in [6.45, 7) is 0. The first-order chi connectivity index (χ1) is 6.56. The fourth-order valence-corrected chi connectivity index (χ4v) is 0.951. The SMILES string of the molecule is COC(=O)c1cc(C(N)=S)ncc1F. The molecule has 0 saturated carbocycles. The lowest BCUT2D eigenvalue weighted by atomic mass is 10.2. The van der Waals surface area contributed by atoms with E-state index in [0.29, 0.717) is 0 Å². The Kier molecular flexibility index (Phi) is 3.08. The molecule has 4 nitrogen and oxygen atoms in total. The lowest BCUT2D eigenvalue weighted by molar-refractivity contribution is 0.0595. The highest BCUT2D eigenvalue weighted by Crippen LogP contribution is 2.09. The van der Waals surface area contributed by atoms with E-state index in [1.54, 1.807) is 0 Å². The number of nitrogens with two attached hydrogens (primary N) is 1. The minimum Gasteiger partial charge on any atom is -0.465 e. The molecule has 0 saturated heterocycles. The number of methoxy groups -OCH3 is 1. The molecule has 1 aromatic heterocycles. The number of hydrogen-bond donors (Lipinski definition) is 1. The number of aromatic nitrogens is 1. The third kappa shape index (κ3) is 2.02. The van der Waals surface area contributed by atoms with E-state index in [-0.39, 0.29) is 16.2 Å². The number of pyridine rings is 1. The number of carbonyl (C=O) groups is 1. The summed E-state index contributed by atoms with van der Waals surface area (Å²) >= 11 is 4.63. The molecule has 74 valence electrons. The van der Waals surface area contributed by atoms with E-state index in [0.717, 1.165) is 19.4 Å². The first kappa shape index (κ1) is 10.5. The van der Waals surface area contributed by atoms with Gasteiger partial charge < -0.3 is 10.5 Å². The monoisotopic (exact) mass is 214 g/mol. The van der Waals surface area contributed by atoms with Crippen molar-refractivity contribution < 1.29 is 13.9 Å². The van der Waals surface area contributed by atoms with Gasteiger partial charge in [0, 0.05) is 0 Å². The van der Waals surface area contributed by atoms with Crippen molar-refractivity contribution in [1.29, 1.82) is 0 Å². The van der Waals surface area contributed by atoms with Gasteiger partial charge in [-0.1, -0.05) is 12.2 Å². The molecule has 0 atom stereocenters. The van der Waals surface area contributed by atoms with Crippen LogP contribution in [0.2, 0.25) is 0 Å². The molecule has 0 aromatic carbocycles. The van der Waals surface area contributed by atoms with E-state index in [1.807, 2.05) is 0 Å². The molecule has 6 heteroatoms. The van der Waals surface area contributed by atoms with Gasteiger partial charge in [0.05, 0.1) is 24.6 Å². The van der Waals surface area contributed by atoms with Crippen LogP contribution in [0.25, 0.3) is 0 Å². The lowest BCUT2D eigenvalue weighted by Crippen LogP contribution is -2.14. The molecule has 14 heavy (non-hydrogen) atoms. The predicted octanol–water partition coefficient (Wildman–Crippen LogP) is 0.642. The minimum atomic E-state index is -0.789. The van der Waals surface area contributed by atoms with Crippen molar-refractivity contribution in [2.45, 2.75) is 0 Å². The molecule has 0 unspecified atom stereocenters. The van der Waals surface area contributed by atoms with Crippen molar-refractivity contribution >= 4 is 23.2 Å². The summed E-state index contributed by atoms with van der Waals surface area (Å²) in [7, 11) is 1.16. The molecule has 2 N–H and O–H groups in total. The summed E-state index contributed by atoms with van der Waals surface area (Å²) in [5, 5.41) is 0. The van der Waals surface area contributed by atoms with Crippen LogP contribution in [0.1, 0.15) is 16.1 Å². The van der Waals surface area contributed by atoms with Crippen molar-refractivity contribution in [2.24, 2.45) is 5.73 Å². The quantitative estimate of drug-likeness (QED) is 0.578. The van der Waals surface area contributed by atoms with Crippen LogP contribution >= 0.6 is 12.2 Å². The number of esters is 1. The van der Waals surface area contributed by atoms with Gasteiger partial charge >= 0.3 is 5.97 Å². The van der Waals surface area contributed by atoms with Gasteiger partial charge in [-0.15, -0.1) is 0 Å². The highest BCUT2D eigenvalue weighted by atomic mass is 32.1. The Morgan fingerprint density at radius 1 is 1.71 bits per heavy atom. The molecule has 0 spiro atoms. The molecule has 0 radical (unpaired) electrons. The molecule has 0 aliphatic heterocycles. The zero-order chi connectivity index (χ0) is 10.7. The Morgan fingerprint density at radius 2 is 2.36 bits per heavy atom. The summed E-state index contributed by atoms with van der Waals surface area (Å²) in [5.41, 5.74) is 5.22. The van der Waals surface area contributed by atoms with Gasteiger partial charge in [0.25, 0.3) is 0 Å². The third-order valence-electron chi connectivity index (χ3n) is 1.51. The van der Waals surface area contributed by atoms with Crippen LogP contribution in [-0.2, 0) is 4.74 Å². The van der Waals surface area contributed by atoms with E-state index in [4.69, 9.17) is 5.73 Å². The van der Waals surface area contributed by atoms with Crippen LogP contribution in [0, 0.1) is 5.82 Å². The smallest absolute Gasteiger partial charge is 0.340 e. The van der Waals surface area contributed by atoms with Crippen LogP contribution in [0.15, 0.2) is 12.3 Å². The first-order valence-electron chi connectivity index (χ1n) is 3.60. The zero-order valence-electron chi connectivity index (χ0n) is 7.28. The molecular weight excluding hydrogens is 207 g/mol. The van der Waals surface area contributed by atoms with Crippen molar-refractivity contribution in [3.8, 4) is 0 Å². The topological polar surface area (TPSA) is 65.2 Å². The van der Waals surface area contributed by atoms with E-state index in [2.05, 4.69) is 21.9 Å². The number of halogens is 1. The molecule has 0 amide bonds. The summed E-state index contributed by atoms with van der Waals surface area (Å²) < 4.78 is 17.4. The molecule has 1 heterocycles. The van der Waals surface area contributed by atoms with Gasteiger partial charge in [-0.05, 0) is 6.07 Å². The second-order valence-electron chi connectivity index (χ2n) is 2.41. The van der Waals surface area contributed by atoms with Crippen molar-refractivity contribution in [2.75, 3.05) is 7.11 Å². The maximum absolute atomic E-state index is 13.0. The highest BCUT2D eigenvalue weighted by Gasteiger charge is 2.14. The van der Waals surface area contributed by atoms with E-state index < -0.39 is 11.8 Å². The second kappa shape index (κ2) is 4.10. The van der Waals surface area contributed by atoms with Gasteiger partial charge in [0.1, 0.15) is 4.99 Å². The number of rotatable bonds is 2. The zero-order valence-corrected chi connectivity index (χ0v) is 8.10. The number of hydrogen-bond acceptors (Lipinski definition) is 4. The largest absolute Gasteiger partial charge is 0.465 e. The maximum Gasteiger partial charge on any atom is 0.340 e. The van der Waals surface area contributed by atoms with Gasteiger partial charge in [-0.3, -0.25) is 4.98 Å². The summed E-state index contributed by atoms with van der Waals surface area (Å²) in [5.74, 6) is -1.56. The maximum atomic E-state index is 13.0. The summed E-state index contributed by atoms with van der Waals surface area (Å²) in [6.07, 6.45) is 0.876. The fourth-order valence-electron chi connectivity index (χ4n) is 0.840. The van der Waals surface area contributed by atoms with Crippen molar-refractivity contribution in [3.05, 3.63) is 29.3 Å². The van der Waals surface area contributed by atoms with Crippen LogP contribution in [0.5, 0.6) is 0 Å². The number of nitrogens with zero attached hydrogens (tertiary/aromatic N) is 1. The van der Waals surface area contributed by atoms with E-state index >= 15 is 0 Å². The highest BCUT2D eigenvalue weighted by molar-refractivity contribution is 7.80. The molecule has 0 aliphatic carbocycles. The molecule has 0 bridgehead atoms. The average molecular weight is 214 g/mol. The van der Waals surface area contributed by atoms with Gasteiger partial charge in [0.2, 0.25) is 0 Å². The van der Waals surface area contributed by atoms with Gasteiger partial charge in [0.15, 0.2) is 5.82 Å². The normalized spacial score (nSPS) is 9.57. The predicted molar refractivity (Wildman–Crippen MR) is 51.4 cm³/mol. The lowest BCUT2D eigenvalue weighted by Gasteiger charge is -2.02. The Bertz CT molecular complexity index is 395. The van der Waals surface area contributed by atoms with E-state index in [1.165, 1.54) is 0 Å². The van der Waals surface area contributed by atoms with Gasteiger partial charge in [-0.25, -0.2) is 9.18 Å². The fraction of sp³-hybridized carbons (Fsp3) is 0.125. The molecule has 1 aromatic rings. The van der Waals surface area contributed by atoms with Gasteiger partial charge in [-0.2, -0.15) is 0 Å². The first-order valence-corrected chi connectivity index (χ1v) is 4.00. The number of ether oxygens (including phenoxy) is 1. The Morgan fingerprint density at radius 3 is 2.86 bits per heavy atom.